The minimum Gasteiger partial charge on any atom is -0.374 e. The van der Waals surface area contributed by atoms with E-state index in [2.05, 4.69) is 18.1 Å². The zero-order chi connectivity index (χ0) is 15.4. The Morgan fingerprint density at radius 2 is 1.32 bits per heavy atom. The number of hydrogen-bond acceptors (Lipinski definition) is 5. The fraction of sp³-hybridized carbons (Fsp3) is 1.00. The average Bonchev–Trinajstić information content (AvgIpc) is 2.25. The molecular weight excluding hydrogens is 308 g/mol. The molecule has 0 aliphatic rings. The minimum atomic E-state index is -3.83. The van der Waals surface area contributed by atoms with Gasteiger partial charge in [0, 0.05) is 37.1 Å². The van der Waals surface area contributed by atoms with E-state index in [-0.39, 0.29) is 0 Å². The van der Waals surface area contributed by atoms with Gasteiger partial charge >= 0.3 is 8.80 Å². The third kappa shape index (κ3) is 16.3. The molecule has 0 aromatic heterocycles. The van der Waals surface area contributed by atoms with Crippen LogP contribution >= 0.6 is 0 Å². The molecular formula is C10H26O6S2Si. The van der Waals surface area contributed by atoms with Gasteiger partial charge in [-0.05, 0) is 27.2 Å². The second-order valence-electron chi connectivity index (χ2n) is 3.53. The Labute approximate surface area is 122 Å². The SMILES string of the molecule is CCCC[Si](OCC)(OCC)OCC.O=S(O)(O)=S. The number of hydrogen-bond donors (Lipinski definition) is 2. The van der Waals surface area contributed by atoms with E-state index >= 15 is 0 Å². The third-order valence-electron chi connectivity index (χ3n) is 1.93. The summed E-state index contributed by atoms with van der Waals surface area (Å²) in [5.41, 5.74) is 0. The van der Waals surface area contributed by atoms with Gasteiger partial charge in [-0.2, -0.15) is 4.21 Å². The van der Waals surface area contributed by atoms with Crippen molar-refractivity contribution in [3.8, 4) is 0 Å². The Balaban J connectivity index is 0. The second-order valence-corrected chi connectivity index (χ2v) is 8.46. The highest BCUT2D eigenvalue weighted by Gasteiger charge is 2.39. The van der Waals surface area contributed by atoms with Crippen LogP contribution in [-0.2, 0) is 33.5 Å². The lowest BCUT2D eigenvalue weighted by atomic mass is 10.4. The molecule has 0 aliphatic heterocycles. The molecule has 0 amide bonds. The van der Waals surface area contributed by atoms with Crippen LogP contribution in [0.25, 0.3) is 0 Å². The van der Waals surface area contributed by atoms with Gasteiger partial charge in [-0.25, -0.2) is 0 Å². The molecule has 118 valence electrons. The number of rotatable bonds is 9. The molecule has 2 N–H and O–H groups in total. The predicted molar refractivity (Wildman–Crippen MR) is 81.1 cm³/mol. The first-order valence-corrected chi connectivity index (χ1v) is 10.7. The van der Waals surface area contributed by atoms with E-state index in [0.717, 1.165) is 18.9 Å². The van der Waals surface area contributed by atoms with Crippen molar-refractivity contribution in [1.29, 1.82) is 0 Å². The van der Waals surface area contributed by atoms with E-state index in [1.165, 1.54) is 0 Å². The summed E-state index contributed by atoms with van der Waals surface area (Å²) < 4.78 is 41.1. The Morgan fingerprint density at radius 3 is 1.53 bits per heavy atom. The quantitative estimate of drug-likeness (QED) is 0.627. The van der Waals surface area contributed by atoms with Crippen molar-refractivity contribution in [2.75, 3.05) is 19.8 Å². The van der Waals surface area contributed by atoms with Crippen LogP contribution in [0.1, 0.15) is 40.5 Å². The van der Waals surface area contributed by atoms with E-state index in [0.29, 0.717) is 19.8 Å². The summed E-state index contributed by atoms with van der Waals surface area (Å²) in [4.78, 5) is 0. The van der Waals surface area contributed by atoms with Gasteiger partial charge in [-0.1, -0.05) is 13.3 Å². The summed E-state index contributed by atoms with van der Waals surface area (Å²) in [5.74, 6) is 0. The van der Waals surface area contributed by atoms with Crippen LogP contribution in [0.5, 0.6) is 0 Å². The molecule has 0 saturated heterocycles. The minimum absolute atomic E-state index is 0.677. The summed E-state index contributed by atoms with van der Waals surface area (Å²) in [6, 6.07) is 0.943. The Bertz CT molecular complexity index is 271. The zero-order valence-electron chi connectivity index (χ0n) is 12.1. The van der Waals surface area contributed by atoms with Gasteiger partial charge < -0.3 is 13.3 Å². The van der Waals surface area contributed by atoms with Gasteiger partial charge in [0.05, 0.1) is 0 Å². The smallest absolute Gasteiger partial charge is 0.374 e. The molecule has 0 unspecified atom stereocenters. The van der Waals surface area contributed by atoms with Crippen LogP contribution in [0.15, 0.2) is 0 Å². The number of unbranched alkanes of at least 4 members (excludes halogenated alkanes) is 1. The van der Waals surface area contributed by atoms with E-state index in [4.69, 9.17) is 26.6 Å². The van der Waals surface area contributed by atoms with Crippen molar-refractivity contribution in [2.24, 2.45) is 0 Å². The molecule has 0 saturated carbocycles. The molecule has 0 fully saturated rings. The van der Waals surface area contributed by atoms with Crippen molar-refractivity contribution in [2.45, 2.75) is 46.6 Å². The van der Waals surface area contributed by atoms with Crippen LogP contribution < -0.4 is 0 Å². The molecule has 0 spiro atoms. The monoisotopic (exact) mass is 334 g/mol. The topological polar surface area (TPSA) is 85.2 Å². The van der Waals surface area contributed by atoms with Crippen molar-refractivity contribution < 1.29 is 26.6 Å². The van der Waals surface area contributed by atoms with Gasteiger partial charge in [0.1, 0.15) is 0 Å². The molecule has 0 radical (unpaired) electrons. The first-order chi connectivity index (χ1) is 8.74. The van der Waals surface area contributed by atoms with Crippen molar-refractivity contribution in [3.05, 3.63) is 0 Å². The van der Waals surface area contributed by atoms with Crippen molar-refractivity contribution in [3.63, 3.8) is 0 Å². The molecule has 0 bridgehead atoms. The third-order valence-corrected chi connectivity index (χ3v) is 5.08. The van der Waals surface area contributed by atoms with E-state index < -0.39 is 17.9 Å². The van der Waals surface area contributed by atoms with Gasteiger partial charge in [0.25, 0.3) is 9.05 Å². The Morgan fingerprint density at radius 1 is 1.00 bits per heavy atom. The zero-order valence-corrected chi connectivity index (χ0v) is 14.7. The van der Waals surface area contributed by atoms with Crippen LogP contribution in [0.2, 0.25) is 6.04 Å². The molecule has 0 atom stereocenters. The molecule has 19 heavy (non-hydrogen) atoms. The van der Waals surface area contributed by atoms with Gasteiger partial charge in [0.15, 0.2) is 0 Å². The lowest BCUT2D eigenvalue weighted by molar-refractivity contribution is 0.0708. The van der Waals surface area contributed by atoms with E-state index in [1.54, 1.807) is 0 Å². The first-order valence-electron chi connectivity index (χ1n) is 6.36. The molecule has 0 aliphatic carbocycles. The summed E-state index contributed by atoms with van der Waals surface area (Å²) in [6.07, 6.45) is 2.27. The second kappa shape index (κ2) is 12.2. The van der Waals surface area contributed by atoms with Crippen LogP contribution in [-0.4, -0.2) is 41.9 Å². The highest BCUT2D eigenvalue weighted by Crippen LogP contribution is 2.18. The molecule has 9 heteroatoms. The van der Waals surface area contributed by atoms with Crippen LogP contribution in [0.3, 0.4) is 0 Å². The molecule has 0 heterocycles. The highest BCUT2D eigenvalue weighted by atomic mass is 32.9. The maximum atomic E-state index is 9.11. The highest BCUT2D eigenvalue weighted by molar-refractivity contribution is 8.26. The molecule has 6 nitrogen and oxygen atoms in total. The summed E-state index contributed by atoms with van der Waals surface area (Å²) in [6.45, 7) is 10.2. The van der Waals surface area contributed by atoms with Gasteiger partial charge in [0.2, 0.25) is 0 Å². The largest absolute Gasteiger partial charge is 0.500 e. The van der Waals surface area contributed by atoms with E-state index in [9.17, 15) is 0 Å². The Kier molecular flexibility index (Phi) is 13.9. The lowest BCUT2D eigenvalue weighted by Gasteiger charge is -2.28. The maximum absolute atomic E-state index is 9.11. The molecule has 0 aromatic rings. The summed E-state index contributed by atoms with van der Waals surface area (Å²) in [5, 5.41) is 0. The summed E-state index contributed by atoms with van der Waals surface area (Å²) in [7, 11) is -6.15. The molecule has 0 aromatic carbocycles. The predicted octanol–water partition coefficient (Wildman–Crippen LogP) is 2.51. The van der Waals surface area contributed by atoms with Gasteiger partial charge in [-0.15, -0.1) is 0 Å². The maximum Gasteiger partial charge on any atom is 0.500 e. The fourth-order valence-corrected chi connectivity index (χ4v) is 4.18. The lowest BCUT2D eigenvalue weighted by Crippen LogP contribution is -2.45. The fourth-order valence-electron chi connectivity index (χ4n) is 1.39. The van der Waals surface area contributed by atoms with Crippen LogP contribution in [0.4, 0.5) is 0 Å². The standard InChI is InChI=1S/C10H24O3Si.H2O3S2/c1-5-9-10-14(11-6-2,12-7-3)13-8-4;1-5(2,3)4/h5-10H2,1-4H3;(H2,1,2,3,4). The normalized spacial score (nSPS) is 11.9. The van der Waals surface area contributed by atoms with Crippen molar-refractivity contribution in [1.82, 2.24) is 0 Å². The van der Waals surface area contributed by atoms with Crippen molar-refractivity contribution >= 4 is 29.0 Å². The summed E-state index contributed by atoms with van der Waals surface area (Å²) >= 11 is 3.47. The van der Waals surface area contributed by atoms with E-state index in [1.807, 2.05) is 20.8 Å². The molecule has 0 rings (SSSR count). The average molecular weight is 335 g/mol. The Hall–Kier alpha value is 0.387. The van der Waals surface area contributed by atoms with Crippen LogP contribution in [0, 0.1) is 0 Å². The van der Waals surface area contributed by atoms with Gasteiger partial charge in [-0.3, -0.25) is 9.11 Å². The first kappa shape index (κ1) is 21.7.